The number of aromatic nitrogens is 4. The fourth-order valence-corrected chi connectivity index (χ4v) is 3.41. The number of carbonyl (C=O) groups excluding carboxylic acids is 1. The molecule has 0 aliphatic carbocycles. The summed E-state index contributed by atoms with van der Waals surface area (Å²) in [7, 11) is 0. The molecule has 0 aliphatic heterocycles. The molecule has 4 aromatic rings. The van der Waals surface area contributed by atoms with Gasteiger partial charge in [-0.1, -0.05) is 58.0 Å². The number of hydrogen-bond donors (Lipinski definition) is 1. The van der Waals surface area contributed by atoms with E-state index in [0.29, 0.717) is 11.5 Å². The first kappa shape index (κ1) is 17.7. The molecule has 2 aromatic carbocycles. The van der Waals surface area contributed by atoms with Gasteiger partial charge in [-0.3, -0.25) is 4.79 Å². The van der Waals surface area contributed by atoms with E-state index in [1.807, 2.05) is 66.7 Å². The lowest BCUT2D eigenvalue weighted by atomic mass is 10.2. The monoisotopic (exact) mass is 439 g/mol. The Hall–Kier alpha value is -2.71. The lowest BCUT2D eigenvalue weighted by molar-refractivity contribution is -0.113. The SMILES string of the molecule is O=C(CSc1ccc2nnc(-c3ccccc3)n2n1)Nc1ccc(Br)cc1. The van der Waals surface area contributed by atoms with Crippen LogP contribution in [-0.2, 0) is 4.79 Å². The molecule has 6 nitrogen and oxygen atoms in total. The highest BCUT2D eigenvalue weighted by Gasteiger charge is 2.11. The molecule has 0 atom stereocenters. The van der Waals surface area contributed by atoms with Gasteiger partial charge >= 0.3 is 0 Å². The molecule has 0 bridgehead atoms. The van der Waals surface area contributed by atoms with Crippen molar-refractivity contribution in [2.45, 2.75) is 5.03 Å². The maximum atomic E-state index is 12.2. The van der Waals surface area contributed by atoms with Gasteiger partial charge in [-0.05, 0) is 36.4 Å². The molecule has 0 fully saturated rings. The Morgan fingerprint density at radius 2 is 1.78 bits per heavy atom. The van der Waals surface area contributed by atoms with Gasteiger partial charge < -0.3 is 5.32 Å². The molecule has 0 saturated heterocycles. The Balaban J connectivity index is 1.47. The Kier molecular flexibility index (Phi) is 5.17. The summed E-state index contributed by atoms with van der Waals surface area (Å²) in [5, 5.41) is 16.5. The van der Waals surface area contributed by atoms with Gasteiger partial charge in [-0.2, -0.15) is 9.61 Å². The van der Waals surface area contributed by atoms with E-state index in [0.717, 1.165) is 20.7 Å². The maximum absolute atomic E-state index is 12.2. The molecular weight excluding hydrogens is 426 g/mol. The molecule has 134 valence electrons. The third-order valence-electron chi connectivity index (χ3n) is 3.75. The van der Waals surface area contributed by atoms with Gasteiger partial charge in [-0.25, -0.2) is 0 Å². The number of carbonyl (C=O) groups is 1. The van der Waals surface area contributed by atoms with Crippen molar-refractivity contribution in [3.8, 4) is 11.4 Å². The molecule has 4 rings (SSSR count). The molecule has 1 amide bonds. The molecule has 0 spiro atoms. The summed E-state index contributed by atoms with van der Waals surface area (Å²) in [5.74, 6) is 0.848. The van der Waals surface area contributed by atoms with Crippen molar-refractivity contribution in [3.05, 3.63) is 71.2 Å². The number of thioether (sulfide) groups is 1. The van der Waals surface area contributed by atoms with E-state index in [1.165, 1.54) is 11.8 Å². The van der Waals surface area contributed by atoms with Crippen LogP contribution in [0, 0.1) is 0 Å². The van der Waals surface area contributed by atoms with Gasteiger partial charge in [0.15, 0.2) is 11.5 Å². The summed E-state index contributed by atoms with van der Waals surface area (Å²) in [6, 6.07) is 20.9. The van der Waals surface area contributed by atoms with Crippen LogP contribution >= 0.6 is 27.7 Å². The minimum atomic E-state index is -0.0868. The van der Waals surface area contributed by atoms with E-state index in [-0.39, 0.29) is 11.7 Å². The van der Waals surface area contributed by atoms with Crippen LogP contribution in [0.25, 0.3) is 17.0 Å². The van der Waals surface area contributed by atoms with Gasteiger partial charge in [-0.15, -0.1) is 10.2 Å². The number of amides is 1. The number of benzene rings is 2. The quantitative estimate of drug-likeness (QED) is 0.469. The molecule has 27 heavy (non-hydrogen) atoms. The summed E-state index contributed by atoms with van der Waals surface area (Å²) in [6.07, 6.45) is 0. The Morgan fingerprint density at radius 1 is 1.00 bits per heavy atom. The van der Waals surface area contributed by atoms with Crippen molar-refractivity contribution in [1.82, 2.24) is 19.8 Å². The fourth-order valence-electron chi connectivity index (χ4n) is 2.49. The standard InChI is InChI=1S/C19H14BrN5OS/c20-14-6-8-15(9-7-14)21-17(26)12-27-18-11-10-16-22-23-19(25(16)24-18)13-4-2-1-3-5-13/h1-11H,12H2,(H,21,26). The van der Waals surface area contributed by atoms with Gasteiger partial charge in [0.05, 0.1) is 5.75 Å². The van der Waals surface area contributed by atoms with Crippen LogP contribution < -0.4 is 5.32 Å². The largest absolute Gasteiger partial charge is 0.325 e. The first-order valence-electron chi connectivity index (χ1n) is 8.15. The topological polar surface area (TPSA) is 72.2 Å². The normalized spacial score (nSPS) is 10.9. The smallest absolute Gasteiger partial charge is 0.234 e. The van der Waals surface area contributed by atoms with Crippen LogP contribution in [0.4, 0.5) is 5.69 Å². The number of hydrogen-bond acceptors (Lipinski definition) is 5. The van der Waals surface area contributed by atoms with E-state index in [9.17, 15) is 4.79 Å². The predicted octanol–water partition coefficient (Wildman–Crippen LogP) is 4.28. The van der Waals surface area contributed by atoms with Crippen LogP contribution in [0.1, 0.15) is 0 Å². The molecule has 0 saturated carbocycles. The minimum Gasteiger partial charge on any atom is -0.325 e. The molecule has 8 heteroatoms. The fraction of sp³-hybridized carbons (Fsp3) is 0.0526. The molecule has 2 aromatic heterocycles. The average Bonchev–Trinajstić information content (AvgIpc) is 3.12. The van der Waals surface area contributed by atoms with Crippen molar-refractivity contribution in [2.24, 2.45) is 0 Å². The highest BCUT2D eigenvalue weighted by atomic mass is 79.9. The van der Waals surface area contributed by atoms with Crippen molar-refractivity contribution in [3.63, 3.8) is 0 Å². The third kappa shape index (κ3) is 4.17. The van der Waals surface area contributed by atoms with Crippen molar-refractivity contribution in [1.29, 1.82) is 0 Å². The molecule has 0 radical (unpaired) electrons. The summed E-state index contributed by atoms with van der Waals surface area (Å²) in [5.41, 5.74) is 2.36. The first-order chi connectivity index (χ1) is 13.2. The maximum Gasteiger partial charge on any atom is 0.234 e. The first-order valence-corrected chi connectivity index (χ1v) is 9.93. The zero-order valence-electron chi connectivity index (χ0n) is 14.0. The summed E-state index contributed by atoms with van der Waals surface area (Å²) < 4.78 is 2.67. The molecule has 0 aliphatic rings. The number of nitrogens with one attached hydrogen (secondary N) is 1. The average molecular weight is 440 g/mol. The summed E-state index contributed by atoms with van der Waals surface area (Å²) in [4.78, 5) is 12.2. The third-order valence-corrected chi connectivity index (χ3v) is 5.20. The minimum absolute atomic E-state index is 0.0868. The van der Waals surface area contributed by atoms with Crippen LogP contribution in [-0.4, -0.2) is 31.5 Å². The molecule has 1 N–H and O–H groups in total. The van der Waals surface area contributed by atoms with Crippen LogP contribution in [0.15, 0.2) is 76.2 Å². The number of fused-ring (bicyclic) bond motifs is 1. The van der Waals surface area contributed by atoms with Crippen LogP contribution in [0.5, 0.6) is 0 Å². The van der Waals surface area contributed by atoms with Crippen molar-refractivity contribution < 1.29 is 4.79 Å². The highest BCUT2D eigenvalue weighted by molar-refractivity contribution is 9.10. The lowest BCUT2D eigenvalue weighted by Crippen LogP contribution is -2.14. The van der Waals surface area contributed by atoms with Crippen LogP contribution in [0.2, 0.25) is 0 Å². The molecule has 2 heterocycles. The second-order valence-electron chi connectivity index (χ2n) is 5.67. The highest BCUT2D eigenvalue weighted by Crippen LogP contribution is 2.21. The molecule has 0 unspecified atom stereocenters. The van der Waals surface area contributed by atoms with Crippen molar-refractivity contribution in [2.75, 3.05) is 11.1 Å². The number of nitrogens with zero attached hydrogens (tertiary/aromatic N) is 4. The zero-order chi connectivity index (χ0) is 18.6. The van der Waals surface area contributed by atoms with Gasteiger partial charge in [0.2, 0.25) is 5.91 Å². The van der Waals surface area contributed by atoms with E-state index in [2.05, 4.69) is 36.5 Å². The van der Waals surface area contributed by atoms with Crippen molar-refractivity contribution >= 4 is 44.9 Å². The number of anilines is 1. The zero-order valence-corrected chi connectivity index (χ0v) is 16.4. The van der Waals surface area contributed by atoms with Gasteiger partial charge in [0.25, 0.3) is 0 Å². The Morgan fingerprint density at radius 3 is 2.56 bits per heavy atom. The second-order valence-corrected chi connectivity index (χ2v) is 7.59. The lowest BCUT2D eigenvalue weighted by Gasteiger charge is -2.05. The number of halogens is 1. The number of rotatable bonds is 5. The molecular formula is C19H14BrN5OS. The van der Waals surface area contributed by atoms with Gasteiger partial charge in [0.1, 0.15) is 5.03 Å². The summed E-state index contributed by atoms with van der Waals surface area (Å²) >= 11 is 4.74. The Labute approximate surface area is 168 Å². The van der Waals surface area contributed by atoms with Crippen LogP contribution in [0.3, 0.4) is 0 Å². The Bertz CT molecular complexity index is 1080. The second kappa shape index (κ2) is 7.89. The van der Waals surface area contributed by atoms with E-state index < -0.39 is 0 Å². The predicted molar refractivity (Wildman–Crippen MR) is 110 cm³/mol. The van der Waals surface area contributed by atoms with E-state index in [4.69, 9.17) is 0 Å². The van der Waals surface area contributed by atoms with Gasteiger partial charge in [0, 0.05) is 15.7 Å². The van der Waals surface area contributed by atoms with E-state index in [1.54, 1.807) is 4.52 Å². The summed E-state index contributed by atoms with van der Waals surface area (Å²) in [6.45, 7) is 0. The van der Waals surface area contributed by atoms with E-state index >= 15 is 0 Å².